The fourth-order valence-corrected chi connectivity index (χ4v) is 3.47. The van der Waals surface area contributed by atoms with Gasteiger partial charge in [0.15, 0.2) is 0 Å². The largest absolute Gasteiger partial charge is 0.388 e. The van der Waals surface area contributed by atoms with Gasteiger partial charge < -0.3 is 10.0 Å². The van der Waals surface area contributed by atoms with Crippen LogP contribution in [0.3, 0.4) is 0 Å². The fraction of sp³-hybridized carbons (Fsp3) is 0.647. The summed E-state index contributed by atoms with van der Waals surface area (Å²) >= 11 is 6.13. The summed E-state index contributed by atoms with van der Waals surface area (Å²) in [6.45, 7) is 6.58. The van der Waals surface area contributed by atoms with E-state index in [0.717, 1.165) is 31.6 Å². The SMILES string of the molecule is CCN1CCCC1CN(C)CCC(O)c1ccccc1Cl. The number of likely N-dealkylation sites (N-methyl/N-ethyl adjacent to an activating group) is 2. The van der Waals surface area contributed by atoms with Gasteiger partial charge in [0, 0.05) is 24.2 Å². The molecule has 2 unspecified atom stereocenters. The van der Waals surface area contributed by atoms with Crippen LogP contribution >= 0.6 is 11.6 Å². The highest BCUT2D eigenvalue weighted by Crippen LogP contribution is 2.25. The summed E-state index contributed by atoms with van der Waals surface area (Å²) in [6.07, 6.45) is 2.85. The summed E-state index contributed by atoms with van der Waals surface area (Å²) in [5.74, 6) is 0. The van der Waals surface area contributed by atoms with Gasteiger partial charge in [-0.05, 0) is 51.0 Å². The minimum atomic E-state index is -0.480. The molecule has 1 aliphatic rings. The maximum atomic E-state index is 10.3. The lowest BCUT2D eigenvalue weighted by molar-refractivity contribution is 0.137. The third-order valence-corrected chi connectivity index (χ3v) is 4.82. The van der Waals surface area contributed by atoms with Gasteiger partial charge in [0.05, 0.1) is 6.10 Å². The molecular formula is C17H27ClN2O. The second-order valence-corrected chi connectivity index (χ2v) is 6.42. The van der Waals surface area contributed by atoms with Gasteiger partial charge in [-0.15, -0.1) is 0 Å². The van der Waals surface area contributed by atoms with Crippen LogP contribution in [0.15, 0.2) is 24.3 Å². The Labute approximate surface area is 133 Å². The Kier molecular flexibility index (Phi) is 6.49. The standard InChI is InChI=1S/C17H27ClN2O/c1-3-20-11-6-7-14(20)13-19(2)12-10-17(21)15-8-4-5-9-16(15)18/h4-5,8-9,14,17,21H,3,6-7,10-13H2,1-2H3. The molecule has 1 saturated heterocycles. The van der Waals surface area contributed by atoms with E-state index in [2.05, 4.69) is 23.8 Å². The van der Waals surface area contributed by atoms with Crippen molar-refractivity contribution in [1.82, 2.24) is 9.80 Å². The average Bonchev–Trinajstić information content (AvgIpc) is 2.92. The molecule has 4 heteroatoms. The minimum absolute atomic E-state index is 0.480. The van der Waals surface area contributed by atoms with Gasteiger partial charge in [0.2, 0.25) is 0 Å². The minimum Gasteiger partial charge on any atom is -0.388 e. The topological polar surface area (TPSA) is 26.7 Å². The van der Waals surface area contributed by atoms with Crippen LogP contribution in [-0.2, 0) is 0 Å². The van der Waals surface area contributed by atoms with Gasteiger partial charge in [-0.1, -0.05) is 36.7 Å². The molecule has 1 aliphatic heterocycles. The zero-order valence-corrected chi connectivity index (χ0v) is 13.9. The Morgan fingerprint density at radius 3 is 2.90 bits per heavy atom. The highest BCUT2D eigenvalue weighted by Gasteiger charge is 2.24. The van der Waals surface area contributed by atoms with Crippen molar-refractivity contribution in [2.24, 2.45) is 0 Å². The fourth-order valence-electron chi connectivity index (χ4n) is 3.21. The van der Waals surface area contributed by atoms with Crippen molar-refractivity contribution in [2.45, 2.75) is 38.3 Å². The number of rotatable bonds is 7. The number of aliphatic hydroxyl groups excluding tert-OH is 1. The molecule has 118 valence electrons. The lowest BCUT2D eigenvalue weighted by Crippen LogP contribution is -2.39. The predicted molar refractivity (Wildman–Crippen MR) is 88.8 cm³/mol. The maximum Gasteiger partial charge on any atom is 0.0816 e. The van der Waals surface area contributed by atoms with E-state index in [1.807, 2.05) is 24.3 Å². The number of benzene rings is 1. The number of hydrogen-bond acceptors (Lipinski definition) is 3. The quantitative estimate of drug-likeness (QED) is 0.838. The molecule has 0 saturated carbocycles. The smallest absolute Gasteiger partial charge is 0.0816 e. The van der Waals surface area contributed by atoms with Crippen molar-refractivity contribution >= 4 is 11.6 Å². The molecule has 0 radical (unpaired) electrons. The van der Waals surface area contributed by atoms with Crippen LogP contribution in [0.1, 0.15) is 37.9 Å². The third kappa shape index (κ3) is 4.68. The number of halogens is 1. The molecule has 0 aromatic heterocycles. The highest BCUT2D eigenvalue weighted by atomic mass is 35.5. The first-order valence-electron chi connectivity index (χ1n) is 7.97. The normalized spacial score (nSPS) is 21.1. The van der Waals surface area contributed by atoms with E-state index in [-0.39, 0.29) is 0 Å². The van der Waals surface area contributed by atoms with E-state index in [4.69, 9.17) is 11.6 Å². The average molecular weight is 311 g/mol. The van der Waals surface area contributed by atoms with Crippen LogP contribution in [0.4, 0.5) is 0 Å². The molecule has 1 heterocycles. The molecule has 3 nitrogen and oxygen atoms in total. The van der Waals surface area contributed by atoms with Crippen LogP contribution in [0.25, 0.3) is 0 Å². The van der Waals surface area contributed by atoms with E-state index < -0.39 is 6.10 Å². The molecule has 1 aromatic rings. The van der Waals surface area contributed by atoms with E-state index in [1.165, 1.54) is 19.4 Å². The first-order chi connectivity index (χ1) is 10.1. The first-order valence-corrected chi connectivity index (χ1v) is 8.34. The van der Waals surface area contributed by atoms with Gasteiger partial charge in [0.25, 0.3) is 0 Å². The lowest BCUT2D eigenvalue weighted by Gasteiger charge is -2.28. The molecule has 0 aliphatic carbocycles. The summed E-state index contributed by atoms with van der Waals surface area (Å²) in [4.78, 5) is 4.89. The van der Waals surface area contributed by atoms with Crippen LogP contribution < -0.4 is 0 Å². The third-order valence-electron chi connectivity index (χ3n) is 4.48. The summed E-state index contributed by atoms with van der Waals surface area (Å²) in [5.41, 5.74) is 0.837. The summed E-state index contributed by atoms with van der Waals surface area (Å²) < 4.78 is 0. The number of likely N-dealkylation sites (tertiary alicyclic amines) is 1. The lowest BCUT2D eigenvalue weighted by atomic mass is 10.1. The Bertz CT molecular complexity index is 441. The molecule has 2 atom stereocenters. The van der Waals surface area contributed by atoms with Crippen LogP contribution in [0.5, 0.6) is 0 Å². The van der Waals surface area contributed by atoms with Crippen molar-refractivity contribution in [3.05, 3.63) is 34.9 Å². The molecule has 1 fully saturated rings. The number of aliphatic hydroxyl groups is 1. The van der Waals surface area contributed by atoms with Crippen molar-refractivity contribution in [3.8, 4) is 0 Å². The van der Waals surface area contributed by atoms with Gasteiger partial charge in [-0.2, -0.15) is 0 Å². The maximum absolute atomic E-state index is 10.3. The molecule has 0 amide bonds. The van der Waals surface area contributed by atoms with E-state index >= 15 is 0 Å². The van der Waals surface area contributed by atoms with E-state index in [1.54, 1.807) is 0 Å². The Morgan fingerprint density at radius 1 is 1.43 bits per heavy atom. The number of hydrogen-bond donors (Lipinski definition) is 1. The molecule has 0 spiro atoms. The molecule has 1 N–H and O–H groups in total. The molecule has 1 aromatic carbocycles. The summed E-state index contributed by atoms with van der Waals surface area (Å²) in [7, 11) is 2.14. The Morgan fingerprint density at radius 2 is 2.19 bits per heavy atom. The van der Waals surface area contributed by atoms with Gasteiger partial charge in [-0.25, -0.2) is 0 Å². The van der Waals surface area contributed by atoms with Gasteiger partial charge in [0.1, 0.15) is 0 Å². The zero-order chi connectivity index (χ0) is 15.2. The second kappa shape index (κ2) is 8.14. The van der Waals surface area contributed by atoms with Crippen LogP contribution in [-0.4, -0.2) is 54.2 Å². The van der Waals surface area contributed by atoms with Crippen LogP contribution in [0, 0.1) is 0 Å². The first kappa shape index (κ1) is 16.8. The van der Waals surface area contributed by atoms with E-state index in [9.17, 15) is 5.11 Å². The Hall–Kier alpha value is -0.610. The predicted octanol–water partition coefficient (Wildman–Crippen LogP) is 3.18. The summed E-state index contributed by atoms with van der Waals surface area (Å²) in [5, 5.41) is 10.9. The monoisotopic (exact) mass is 310 g/mol. The highest BCUT2D eigenvalue weighted by molar-refractivity contribution is 6.31. The Balaban J connectivity index is 1.78. The molecular weight excluding hydrogens is 284 g/mol. The molecule has 2 rings (SSSR count). The molecule has 21 heavy (non-hydrogen) atoms. The van der Waals surface area contributed by atoms with Crippen molar-refractivity contribution in [3.63, 3.8) is 0 Å². The van der Waals surface area contributed by atoms with Gasteiger partial charge >= 0.3 is 0 Å². The zero-order valence-electron chi connectivity index (χ0n) is 13.1. The van der Waals surface area contributed by atoms with Crippen molar-refractivity contribution < 1.29 is 5.11 Å². The van der Waals surface area contributed by atoms with Crippen molar-refractivity contribution in [2.75, 3.05) is 33.2 Å². The van der Waals surface area contributed by atoms with Gasteiger partial charge in [-0.3, -0.25) is 4.90 Å². The molecule has 0 bridgehead atoms. The van der Waals surface area contributed by atoms with Crippen LogP contribution in [0.2, 0.25) is 5.02 Å². The van der Waals surface area contributed by atoms with E-state index in [0.29, 0.717) is 11.1 Å². The second-order valence-electron chi connectivity index (χ2n) is 6.01. The number of nitrogens with zero attached hydrogens (tertiary/aromatic N) is 2. The van der Waals surface area contributed by atoms with Crippen molar-refractivity contribution in [1.29, 1.82) is 0 Å². The summed E-state index contributed by atoms with van der Waals surface area (Å²) in [6, 6.07) is 8.23.